The fraction of sp³-hybridized carbons (Fsp3) is 0.462. The molecule has 2 nitrogen and oxygen atoms in total. The summed E-state index contributed by atoms with van der Waals surface area (Å²) in [6, 6.07) is 4.25. The Labute approximate surface area is 90.7 Å². The molecule has 80 valence electrons. The average Bonchev–Trinajstić information content (AvgIpc) is 2.61. The van der Waals surface area contributed by atoms with Crippen LogP contribution in [0.1, 0.15) is 37.5 Å². The maximum atomic E-state index is 9.47. The molecule has 1 heterocycles. The molecule has 0 bridgehead atoms. The highest BCUT2D eigenvalue weighted by Gasteiger charge is 2.22. The van der Waals surface area contributed by atoms with Crippen molar-refractivity contribution < 1.29 is 5.11 Å². The molecule has 1 N–H and O–H groups in total. The van der Waals surface area contributed by atoms with E-state index in [9.17, 15) is 5.11 Å². The van der Waals surface area contributed by atoms with Crippen LogP contribution in [0, 0.1) is 0 Å². The van der Waals surface area contributed by atoms with Gasteiger partial charge in [-0.25, -0.2) is 0 Å². The summed E-state index contributed by atoms with van der Waals surface area (Å²) in [4.78, 5) is 4.36. The van der Waals surface area contributed by atoms with Crippen LogP contribution in [0.25, 0.3) is 0 Å². The number of fused-ring (bicyclic) bond motifs is 1. The molecule has 1 aromatic rings. The topological polar surface area (TPSA) is 32.6 Å². The summed E-state index contributed by atoms with van der Waals surface area (Å²) < 4.78 is 0. The Morgan fingerprint density at radius 2 is 2.07 bits per heavy atom. The Bertz CT molecular complexity index is 413. The first-order valence-electron chi connectivity index (χ1n) is 5.32. The van der Waals surface area contributed by atoms with Crippen LogP contribution in [-0.2, 0) is 18.4 Å². The third-order valence-corrected chi connectivity index (χ3v) is 2.86. The number of aliphatic hydroxyl groups is 1. The zero-order valence-corrected chi connectivity index (χ0v) is 9.54. The number of aliphatic hydroxyl groups excluding tert-OH is 1. The van der Waals surface area contributed by atoms with Gasteiger partial charge in [0.25, 0.3) is 0 Å². The van der Waals surface area contributed by atoms with Crippen LogP contribution in [0.4, 0.5) is 5.69 Å². The SMILES string of the molecule is CC(C)(C)c1ccc2c(c1CO)N=CC2. The minimum absolute atomic E-state index is 0.0607. The van der Waals surface area contributed by atoms with Crippen molar-refractivity contribution in [1.82, 2.24) is 0 Å². The number of rotatable bonds is 1. The van der Waals surface area contributed by atoms with Gasteiger partial charge in [-0.2, -0.15) is 0 Å². The van der Waals surface area contributed by atoms with Gasteiger partial charge in [-0.1, -0.05) is 32.9 Å². The van der Waals surface area contributed by atoms with Gasteiger partial charge in [0.15, 0.2) is 0 Å². The van der Waals surface area contributed by atoms with Crippen LogP contribution in [0.2, 0.25) is 0 Å². The second kappa shape index (κ2) is 3.46. The molecule has 2 rings (SSSR count). The molecule has 0 unspecified atom stereocenters. The van der Waals surface area contributed by atoms with E-state index in [0.717, 1.165) is 17.7 Å². The molecule has 1 aliphatic rings. The number of aliphatic imine (C=N–C) groups is 1. The summed E-state index contributed by atoms with van der Waals surface area (Å²) in [5, 5.41) is 9.47. The van der Waals surface area contributed by atoms with Crippen molar-refractivity contribution in [3.8, 4) is 0 Å². The van der Waals surface area contributed by atoms with Crippen molar-refractivity contribution in [2.45, 2.75) is 39.2 Å². The molecule has 0 aromatic heterocycles. The van der Waals surface area contributed by atoms with Crippen molar-refractivity contribution in [2.24, 2.45) is 4.99 Å². The first-order valence-corrected chi connectivity index (χ1v) is 5.32. The summed E-state index contributed by atoms with van der Waals surface area (Å²) in [6.07, 6.45) is 2.81. The van der Waals surface area contributed by atoms with Gasteiger partial charge < -0.3 is 5.11 Å². The molecule has 1 aromatic carbocycles. The van der Waals surface area contributed by atoms with Crippen molar-refractivity contribution in [1.29, 1.82) is 0 Å². The molecule has 0 radical (unpaired) electrons. The van der Waals surface area contributed by atoms with Crippen molar-refractivity contribution in [2.75, 3.05) is 0 Å². The molecule has 0 fully saturated rings. The third kappa shape index (κ3) is 1.70. The minimum Gasteiger partial charge on any atom is -0.392 e. The van der Waals surface area contributed by atoms with E-state index in [2.05, 4.69) is 37.9 Å². The van der Waals surface area contributed by atoms with Crippen molar-refractivity contribution >= 4 is 11.9 Å². The number of hydrogen-bond donors (Lipinski definition) is 1. The standard InChI is InChI=1S/C13H17NO/c1-13(2,3)11-5-4-9-6-7-14-12(9)10(11)8-15/h4-5,7,15H,6,8H2,1-3H3. The lowest BCUT2D eigenvalue weighted by Crippen LogP contribution is -2.14. The molecule has 2 heteroatoms. The molecule has 1 aliphatic heterocycles. The van der Waals surface area contributed by atoms with Crippen molar-refractivity contribution in [3.05, 3.63) is 28.8 Å². The Morgan fingerprint density at radius 1 is 1.33 bits per heavy atom. The van der Waals surface area contributed by atoms with Gasteiger partial charge in [-0.15, -0.1) is 0 Å². The van der Waals surface area contributed by atoms with E-state index in [1.165, 1.54) is 11.1 Å². The van der Waals surface area contributed by atoms with Crippen LogP contribution in [0.15, 0.2) is 17.1 Å². The molecular formula is C13H17NO. The molecule has 0 saturated carbocycles. The third-order valence-electron chi connectivity index (χ3n) is 2.86. The van der Waals surface area contributed by atoms with Gasteiger partial charge in [0.2, 0.25) is 0 Å². The number of benzene rings is 1. The summed E-state index contributed by atoms with van der Waals surface area (Å²) in [5.74, 6) is 0. The smallest absolute Gasteiger partial charge is 0.0719 e. The highest BCUT2D eigenvalue weighted by molar-refractivity contribution is 5.78. The maximum absolute atomic E-state index is 9.47. The fourth-order valence-corrected chi connectivity index (χ4v) is 2.11. The molecule has 0 spiro atoms. The predicted molar refractivity (Wildman–Crippen MR) is 62.9 cm³/mol. The molecule has 15 heavy (non-hydrogen) atoms. The normalized spacial score (nSPS) is 14.4. The van der Waals surface area contributed by atoms with E-state index >= 15 is 0 Å². The van der Waals surface area contributed by atoms with E-state index in [1.54, 1.807) is 0 Å². The summed E-state index contributed by atoms with van der Waals surface area (Å²) in [7, 11) is 0. The van der Waals surface area contributed by atoms with E-state index in [4.69, 9.17) is 0 Å². The molecule has 0 aliphatic carbocycles. The second-order valence-electron chi connectivity index (χ2n) is 5.02. The molecule has 0 saturated heterocycles. The lowest BCUT2D eigenvalue weighted by atomic mass is 9.82. The van der Waals surface area contributed by atoms with Gasteiger partial charge in [-0.05, 0) is 16.5 Å². The lowest BCUT2D eigenvalue weighted by molar-refractivity contribution is 0.279. The van der Waals surface area contributed by atoms with Crippen LogP contribution in [-0.4, -0.2) is 11.3 Å². The molecular weight excluding hydrogens is 186 g/mol. The second-order valence-corrected chi connectivity index (χ2v) is 5.02. The van der Waals surface area contributed by atoms with Gasteiger partial charge in [0.1, 0.15) is 0 Å². The monoisotopic (exact) mass is 203 g/mol. The van der Waals surface area contributed by atoms with E-state index < -0.39 is 0 Å². The Morgan fingerprint density at radius 3 is 2.67 bits per heavy atom. The molecule has 0 amide bonds. The van der Waals surface area contributed by atoms with Crippen LogP contribution >= 0.6 is 0 Å². The first kappa shape index (κ1) is 10.4. The Hall–Kier alpha value is -1.15. The quantitative estimate of drug-likeness (QED) is 0.748. The zero-order chi connectivity index (χ0) is 11.1. The van der Waals surface area contributed by atoms with E-state index in [-0.39, 0.29) is 12.0 Å². The lowest BCUT2D eigenvalue weighted by Gasteiger charge is -2.23. The van der Waals surface area contributed by atoms with E-state index in [1.807, 2.05) is 6.21 Å². The largest absolute Gasteiger partial charge is 0.392 e. The fourth-order valence-electron chi connectivity index (χ4n) is 2.11. The van der Waals surface area contributed by atoms with Gasteiger partial charge in [0.05, 0.1) is 12.3 Å². The average molecular weight is 203 g/mol. The Kier molecular flexibility index (Phi) is 2.39. The molecule has 0 atom stereocenters. The first-order chi connectivity index (χ1) is 7.04. The van der Waals surface area contributed by atoms with Crippen LogP contribution in [0.5, 0.6) is 0 Å². The maximum Gasteiger partial charge on any atom is 0.0719 e. The Balaban J connectivity index is 2.63. The summed E-state index contributed by atoms with van der Waals surface area (Å²) >= 11 is 0. The van der Waals surface area contributed by atoms with Crippen LogP contribution in [0.3, 0.4) is 0 Å². The highest BCUT2D eigenvalue weighted by Crippen LogP contribution is 2.36. The summed E-state index contributed by atoms with van der Waals surface area (Å²) in [5.41, 5.74) is 4.47. The zero-order valence-electron chi connectivity index (χ0n) is 9.54. The van der Waals surface area contributed by atoms with Gasteiger partial charge >= 0.3 is 0 Å². The highest BCUT2D eigenvalue weighted by atomic mass is 16.3. The van der Waals surface area contributed by atoms with Gasteiger partial charge in [0, 0.05) is 18.2 Å². The number of nitrogens with zero attached hydrogens (tertiary/aromatic N) is 1. The van der Waals surface area contributed by atoms with Gasteiger partial charge in [-0.3, -0.25) is 4.99 Å². The van der Waals surface area contributed by atoms with Crippen LogP contribution < -0.4 is 0 Å². The minimum atomic E-state index is 0.0607. The van der Waals surface area contributed by atoms with Crippen molar-refractivity contribution in [3.63, 3.8) is 0 Å². The predicted octanol–water partition coefficient (Wildman–Crippen LogP) is 2.73. The number of hydrogen-bond acceptors (Lipinski definition) is 2. The summed E-state index contributed by atoms with van der Waals surface area (Å²) in [6.45, 7) is 6.55. The van der Waals surface area contributed by atoms with E-state index in [0.29, 0.717) is 0 Å².